The minimum atomic E-state index is -0.527. The Balaban J connectivity index is 0.00000243. The number of halogens is 3. The summed E-state index contributed by atoms with van der Waals surface area (Å²) in [6, 6.07) is 5.89. The molecular formula is C17H23F2IN6. The molecular weight excluding hydrogens is 453 g/mol. The van der Waals surface area contributed by atoms with Crippen molar-refractivity contribution in [1.29, 1.82) is 0 Å². The van der Waals surface area contributed by atoms with Crippen LogP contribution in [0, 0.1) is 11.6 Å². The van der Waals surface area contributed by atoms with Gasteiger partial charge in [0.05, 0.1) is 12.2 Å². The van der Waals surface area contributed by atoms with Crippen molar-refractivity contribution in [2.24, 2.45) is 4.99 Å². The molecule has 0 spiro atoms. The fraction of sp³-hybridized carbons (Fsp3) is 0.412. The second-order valence-corrected chi connectivity index (χ2v) is 5.92. The lowest BCUT2D eigenvalue weighted by atomic mass is 10.2. The number of nitrogens with one attached hydrogen (secondary N) is 3. The monoisotopic (exact) mass is 476 g/mol. The molecule has 1 saturated heterocycles. The van der Waals surface area contributed by atoms with Gasteiger partial charge in [-0.2, -0.15) is 5.10 Å². The minimum absolute atomic E-state index is 0. The largest absolute Gasteiger partial charge is 0.365 e. The Bertz CT molecular complexity index is 702. The lowest BCUT2D eigenvalue weighted by Crippen LogP contribution is -2.44. The van der Waals surface area contributed by atoms with Gasteiger partial charge in [0.15, 0.2) is 5.96 Å². The standard InChI is InChI=1S/C17H22F2N6.HI/c1-2-20-17(21-10-12-6-8-22-24-12)23-13-7-9-25(11-13)16-14(18)4-3-5-15(16)19;/h3-6,8,13H,2,7,9-11H2,1H3,(H,22,24)(H2,20,21,23);1H. The van der Waals surface area contributed by atoms with E-state index in [0.717, 1.165) is 18.7 Å². The number of aromatic amines is 1. The van der Waals surface area contributed by atoms with Crippen LogP contribution >= 0.6 is 24.0 Å². The molecule has 26 heavy (non-hydrogen) atoms. The maximum Gasteiger partial charge on any atom is 0.191 e. The number of rotatable bonds is 5. The zero-order valence-electron chi connectivity index (χ0n) is 14.5. The van der Waals surface area contributed by atoms with Gasteiger partial charge in [-0.15, -0.1) is 24.0 Å². The smallest absolute Gasteiger partial charge is 0.191 e. The van der Waals surface area contributed by atoms with E-state index in [1.54, 1.807) is 11.1 Å². The van der Waals surface area contributed by atoms with Gasteiger partial charge in [0.2, 0.25) is 0 Å². The van der Waals surface area contributed by atoms with Crippen LogP contribution in [0.1, 0.15) is 19.0 Å². The maximum atomic E-state index is 13.9. The summed E-state index contributed by atoms with van der Waals surface area (Å²) >= 11 is 0. The molecule has 142 valence electrons. The molecule has 0 amide bonds. The van der Waals surface area contributed by atoms with Crippen LogP contribution in [-0.4, -0.2) is 41.8 Å². The van der Waals surface area contributed by atoms with Crippen molar-refractivity contribution >= 4 is 35.6 Å². The Morgan fingerprint density at radius 2 is 2.12 bits per heavy atom. The highest BCUT2D eigenvalue weighted by Gasteiger charge is 2.27. The fourth-order valence-electron chi connectivity index (χ4n) is 2.92. The van der Waals surface area contributed by atoms with Gasteiger partial charge in [-0.1, -0.05) is 6.07 Å². The van der Waals surface area contributed by atoms with Crippen LogP contribution in [0.4, 0.5) is 14.5 Å². The van der Waals surface area contributed by atoms with Crippen molar-refractivity contribution in [2.45, 2.75) is 25.9 Å². The number of anilines is 1. The van der Waals surface area contributed by atoms with Gasteiger partial charge in [0.25, 0.3) is 0 Å². The Kier molecular flexibility index (Phi) is 7.61. The SMILES string of the molecule is CCNC(=NCc1ccn[nH]1)NC1CCN(c2c(F)cccc2F)C1.I. The van der Waals surface area contributed by atoms with Gasteiger partial charge in [-0.05, 0) is 31.5 Å². The predicted molar refractivity (Wildman–Crippen MR) is 109 cm³/mol. The summed E-state index contributed by atoms with van der Waals surface area (Å²) in [4.78, 5) is 6.25. The molecule has 3 N–H and O–H groups in total. The van der Waals surface area contributed by atoms with E-state index < -0.39 is 11.6 Å². The van der Waals surface area contributed by atoms with Crippen LogP contribution < -0.4 is 15.5 Å². The fourth-order valence-corrected chi connectivity index (χ4v) is 2.92. The number of guanidine groups is 1. The van der Waals surface area contributed by atoms with Crippen molar-refractivity contribution in [1.82, 2.24) is 20.8 Å². The maximum absolute atomic E-state index is 13.9. The quantitative estimate of drug-likeness (QED) is 0.353. The lowest BCUT2D eigenvalue weighted by molar-refractivity contribution is 0.576. The first-order valence-corrected chi connectivity index (χ1v) is 8.39. The molecule has 1 aliphatic heterocycles. The summed E-state index contributed by atoms with van der Waals surface area (Å²) in [5.41, 5.74) is 0.963. The van der Waals surface area contributed by atoms with E-state index in [9.17, 15) is 8.78 Å². The molecule has 1 aliphatic rings. The van der Waals surface area contributed by atoms with Crippen LogP contribution in [0.5, 0.6) is 0 Å². The molecule has 0 saturated carbocycles. The summed E-state index contributed by atoms with van der Waals surface area (Å²) in [5.74, 6) is -0.376. The highest BCUT2D eigenvalue weighted by molar-refractivity contribution is 14.0. The van der Waals surface area contributed by atoms with Crippen molar-refractivity contribution in [2.75, 3.05) is 24.5 Å². The van der Waals surface area contributed by atoms with E-state index in [-0.39, 0.29) is 35.7 Å². The highest BCUT2D eigenvalue weighted by Crippen LogP contribution is 2.26. The van der Waals surface area contributed by atoms with E-state index in [1.165, 1.54) is 18.2 Å². The van der Waals surface area contributed by atoms with Crippen LogP contribution in [0.15, 0.2) is 35.5 Å². The summed E-state index contributed by atoms with van der Waals surface area (Å²) in [6.45, 7) is 4.31. The number of para-hydroxylation sites is 1. The van der Waals surface area contributed by atoms with Gasteiger partial charge in [0, 0.05) is 31.9 Å². The van der Waals surface area contributed by atoms with Gasteiger partial charge in [-0.3, -0.25) is 5.10 Å². The first kappa shape index (κ1) is 20.4. The number of H-pyrrole nitrogens is 1. The van der Waals surface area contributed by atoms with Crippen LogP contribution in [0.3, 0.4) is 0 Å². The summed E-state index contributed by atoms with van der Waals surface area (Å²) in [7, 11) is 0. The summed E-state index contributed by atoms with van der Waals surface area (Å²) in [6.07, 6.45) is 2.46. The highest BCUT2D eigenvalue weighted by atomic mass is 127. The molecule has 1 aromatic heterocycles. The van der Waals surface area contributed by atoms with Gasteiger partial charge >= 0.3 is 0 Å². The Morgan fingerprint density at radius 3 is 2.77 bits per heavy atom. The number of nitrogens with zero attached hydrogens (tertiary/aromatic N) is 3. The molecule has 1 unspecified atom stereocenters. The van der Waals surface area contributed by atoms with Crippen molar-refractivity contribution < 1.29 is 8.78 Å². The normalized spacial score (nSPS) is 17.1. The minimum Gasteiger partial charge on any atom is -0.365 e. The first-order valence-electron chi connectivity index (χ1n) is 8.39. The zero-order chi connectivity index (χ0) is 17.6. The van der Waals surface area contributed by atoms with Gasteiger partial charge < -0.3 is 15.5 Å². The third kappa shape index (κ3) is 5.05. The van der Waals surface area contributed by atoms with Crippen molar-refractivity contribution in [3.8, 4) is 0 Å². The van der Waals surface area contributed by atoms with E-state index in [2.05, 4.69) is 25.8 Å². The Morgan fingerprint density at radius 1 is 1.35 bits per heavy atom. The average molecular weight is 476 g/mol. The second-order valence-electron chi connectivity index (χ2n) is 5.92. The number of hydrogen-bond acceptors (Lipinski definition) is 3. The lowest BCUT2D eigenvalue weighted by Gasteiger charge is -2.21. The molecule has 0 bridgehead atoms. The van der Waals surface area contributed by atoms with Crippen LogP contribution in [-0.2, 0) is 6.54 Å². The second kappa shape index (κ2) is 9.70. The summed E-state index contributed by atoms with van der Waals surface area (Å²) < 4.78 is 27.9. The molecule has 1 aromatic carbocycles. The molecule has 2 aromatic rings. The average Bonchev–Trinajstić information content (AvgIpc) is 3.25. The zero-order valence-corrected chi connectivity index (χ0v) is 16.8. The summed E-state index contributed by atoms with van der Waals surface area (Å²) in [5, 5.41) is 13.3. The molecule has 9 heteroatoms. The van der Waals surface area contributed by atoms with Gasteiger partial charge in [0.1, 0.15) is 17.3 Å². The van der Waals surface area contributed by atoms with E-state index in [0.29, 0.717) is 25.6 Å². The van der Waals surface area contributed by atoms with Crippen molar-refractivity contribution in [3.05, 3.63) is 47.8 Å². The third-order valence-electron chi connectivity index (χ3n) is 4.09. The molecule has 2 heterocycles. The van der Waals surface area contributed by atoms with Crippen molar-refractivity contribution in [3.63, 3.8) is 0 Å². The molecule has 1 atom stereocenters. The third-order valence-corrected chi connectivity index (χ3v) is 4.09. The molecule has 3 rings (SSSR count). The molecule has 0 aliphatic carbocycles. The van der Waals surface area contributed by atoms with E-state index in [4.69, 9.17) is 0 Å². The van der Waals surface area contributed by atoms with Crippen LogP contribution in [0.2, 0.25) is 0 Å². The first-order chi connectivity index (χ1) is 12.2. The number of aliphatic imine (C=N–C) groups is 1. The number of aromatic nitrogens is 2. The molecule has 1 fully saturated rings. The predicted octanol–water partition coefficient (Wildman–Crippen LogP) is 2.64. The van der Waals surface area contributed by atoms with E-state index >= 15 is 0 Å². The van der Waals surface area contributed by atoms with Crippen LogP contribution in [0.25, 0.3) is 0 Å². The van der Waals surface area contributed by atoms with E-state index in [1.807, 2.05) is 13.0 Å². The number of benzene rings is 1. The number of hydrogen-bond donors (Lipinski definition) is 3. The topological polar surface area (TPSA) is 68.3 Å². The van der Waals surface area contributed by atoms with Gasteiger partial charge in [-0.25, -0.2) is 13.8 Å². The molecule has 6 nitrogen and oxygen atoms in total. The Hall–Kier alpha value is -1.91. The Labute approximate surface area is 168 Å². The molecule has 0 radical (unpaired) electrons.